The molecule has 0 spiro atoms. The summed E-state index contributed by atoms with van der Waals surface area (Å²) in [6.07, 6.45) is 2.57. The van der Waals surface area contributed by atoms with Gasteiger partial charge >= 0.3 is 0 Å². The Morgan fingerprint density at radius 2 is 2.13 bits per heavy atom. The van der Waals surface area contributed by atoms with Gasteiger partial charge in [0, 0.05) is 17.9 Å². The van der Waals surface area contributed by atoms with Gasteiger partial charge in [-0.1, -0.05) is 6.92 Å². The van der Waals surface area contributed by atoms with Crippen molar-refractivity contribution in [3.05, 3.63) is 34.8 Å². The first kappa shape index (κ1) is 15.2. The SMILES string of the molecule is CCCn1ncc(C(=O)Nc2n[nH]c3nc(C)cc(C)c23)c1C. The third kappa shape index (κ3) is 2.69. The summed E-state index contributed by atoms with van der Waals surface area (Å²) < 4.78 is 1.84. The van der Waals surface area contributed by atoms with Crippen LogP contribution in [-0.4, -0.2) is 30.9 Å². The summed E-state index contributed by atoms with van der Waals surface area (Å²) in [7, 11) is 0. The quantitative estimate of drug-likeness (QED) is 0.775. The Hall–Kier alpha value is -2.70. The highest BCUT2D eigenvalue weighted by Gasteiger charge is 2.17. The van der Waals surface area contributed by atoms with Crippen LogP contribution in [0, 0.1) is 20.8 Å². The van der Waals surface area contributed by atoms with Gasteiger partial charge in [-0.2, -0.15) is 10.2 Å². The van der Waals surface area contributed by atoms with Crippen LogP contribution >= 0.6 is 0 Å². The van der Waals surface area contributed by atoms with Crippen LogP contribution in [0.5, 0.6) is 0 Å². The van der Waals surface area contributed by atoms with Crippen molar-refractivity contribution >= 4 is 22.8 Å². The van der Waals surface area contributed by atoms with Crippen molar-refractivity contribution in [1.29, 1.82) is 0 Å². The number of rotatable bonds is 4. The smallest absolute Gasteiger partial charge is 0.260 e. The second kappa shape index (κ2) is 5.83. The van der Waals surface area contributed by atoms with E-state index in [0.29, 0.717) is 17.0 Å². The minimum absolute atomic E-state index is 0.210. The number of nitrogens with one attached hydrogen (secondary N) is 2. The van der Waals surface area contributed by atoms with Gasteiger partial charge in [-0.25, -0.2) is 4.98 Å². The largest absolute Gasteiger partial charge is 0.304 e. The second-order valence-corrected chi connectivity index (χ2v) is 5.70. The Kier molecular flexibility index (Phi) is 3.85. The molecule has 0 aromatic carbocycles. The number of carbonyl (C=O) groups excluding carboxylic acids is 1. The van der Waals surface area contributed by atoms with Crippen LogP contribution in [0.4, 0.5) is 5.82 Å². The van der Waals surface area contributed by atoms with Crippen molar-refractivity contribution in [2.75, 3.05) is 5.32 Å². The Balaban J connectivity index is 1.92. The fourth-order valence-electron chi connectivity index (χ4n) is 2.75. The fraction of sp³-hybridized carbons (Fsp3) is 0.375. The molecule has 3 rings (SSSR count). The van der Waals surface area contributed by atoms with Crippen LogP contribution in [-0.2, 0) is 6.54 Å². The first-order chi connectivity index (χ1) is 11.0. The third-order valence-electron chi connectivity index (χ3n) is 3.87. The minimum atomic E-state index is -0.210. The van der Waals surface area contributed by atoms with Gasteiger partial charge in [-0.15, -0.1) is 0 Å². The number of hydrogen-bond acceptors (Lipinski definition) is 4. The molecular formula is C16H20N6O. The summed E-state index contributed by atoms with van der Waals surface area (Å²) in [5.41, 5.74) is 4.03. The Morgan fingerprint density at radius 3 is 2.87 bits per heavy atom. The van der Waals surface area contributed by atoms with Crippen LogP contribution in [0.25, 0.3) is 11.0 Å². The van der Waals surface area contributed by atoms with E-state index in [0.717, 1.165) is 35.3 Å². The zero-order valence-corrected chi connectivity index (χ0v) is 13.8. The number of pyridine rings is 1. The van der Waals surface area contributed by atoms with Gasteiger partial charge in [0.25, 0.3) is 5.91 Å². The van der Waals surface area contributed by atoms with Crippen LogP contribution in [0.3, 0.4) is 0 Å². The molecule has 3 heterocycles. The summed E-state index contributed by atoms with van der Waals surface area (Å²) in [4.78, 5) is 16.9. The molecule has 3 aromatic heterocycles. The topological polar surface area (TPSA) is 88.5 Å². The van der Waals surface area contributed by atoms with Crippen molar-refractivity contribution in [3.8, 4) is 0 Å². The van der Waals surface area contributed by atoms with E-state index in [1.54, 1.807) is 6.20 Å². The number of amides is 1. The van der Waals surface area contributed by atoms with Crippen LogP contribution in [0.2, 0.25) is 0 Å². The molecule has 0 saturated heterocycles. The number of carbonyl (C=O) groups is 1. The van der Waals surface area contributed by atoms with Crippen molar-refractivity contribution < 1.29 is 4.79 Å². The molecule has 0 bridgehead atoms. The zero-order valence-electron chi connectivity index (χ0n) is 13.8. The molecule has 0 saturated carbocycles. The Bertz CT molecular complexity index is 876. The van der Waals surface area contributed by atoms with E-state index >= 15 is 0 Å². The first-order valence-electron chi connectivity index (χ1n) is 7.67. The maximum Gasteiger partial charge on any atom is 0.260 e. The molecule has 0 atom stereocenters. The van der Waals surface area contributed by atoms with Gasteiger partial charge in [0.05, 0.1) is 17.1 Å². The number of aromatic amines is 1. The van der Waals surface area contributed by atoms with Gasteiger partial charge in [0.1, 0.15) is 0 Å². The van der Waals surface area contributed by atoms with E-state index in [2.05, 4.69) is 32.5 Å². The van der Waals surface area contributed by atoms with Crippen molar-refractivity contribution in [2.45, 2.75) is 40.7 Å². The number of H-pyrrole nitrogens is 1. The predicted octanol–water partition coefficient (Wildman–Crippen LogP) is 2.74. The standard InChI is InChI=1S/C16H20N6O/c1-5-6-22-11(4)12(8-17-22)16(23)19-15-13-9(2)7-10(3)18-14(13)20-21-15/h7-8H,5-6H2,1-4H3,(H2,18,19,20,21,23). The van der Waals surface area contributed by atoms with E-state index in [1.807, 2.05) is 31.5 Å². The fourth-order valence-corrected chi connectivity index (χ4v) is 2.75. The molecule has 120 valence electrons. The van der Waals surface area contributed by atoms with Gasteiger partial charge in [0.15, 0.2) is 11.5 Å². The van der Waals surface area contributed by atoms with Crippen LogP contribution in [0.15, 0.2) is 12.3 Å². The predicted molar refractivity (Wildman–Crippen MR) is 88.6 cm³/mol. The van der Waals surface area contributed by atoms with Crippen molar-refractivity contribution in [2.24, 2.45) is 0 Å². The molecular weight excluding hydrogens is 292 g/mol. The highest BCUT2D eigenvalue weighted by molar-refractivity contribution is 6.08. The van der Waals surface area contributed by atoms with Gasteiger partial charge in [-0.3, -0.25) is 14.6 Å². The molecule has 0 aliphatic rings. The summed E-state index contributed by atoms with van der Waals surface area (Å²) in [6.45, 7) is 8.68. The average molecular weight is 312 g/mol. The van der Waals surface area contributed by atoms with Crippen molar-refractivity contribution in [1.82, 2.24) is 25.0 Å². The summed E-state index contributed by atoms with van der Waals surface area (Å²) >= 11 is 0. The molecule has 7 nitrogen and oxygen atoms in total. The van der Waals surface area contributed by atoms with E-state index in [1.165, 1.54) is 0 Å². The maximum atomic E-state index is 12.5. The number of hydrogen-bond donors (Lipinski definition) is 2. The van der Waals surface area contributed by atoms with Crippen molar-refractivity contribution in [3.63, 3.8) is 0 Å². The maximum absolute atomic E-state index is 12.5. The molecule has 0 radical (unpaired) electrons. The van der Waals surface area contributed by atoms with Gasteiger partial charge in [0.2, 0.25) is 0 Å². The third-order valence-corrected chi connectivity index (χ3v) is 3.87. The number of anilines is 1. The van der Waals surface area contributed by atoms with Crippen LogP contribution in [0.1, 0.15) is 40.7 Å². The van der Waals surface area contributed by atoms with E-state index in [4.69, 9.17) is 0 Å². The van der Waals surface area contributed by atoms with Crippen LogP contribution < -0.4 is 5.32 Å². The number of nitrogens with zero attached hydrogens (tertiary/aromatic N) is 4. The Morgan fingerprint density at radius 1 is 1.35 bits per heavy atom. The normalized spacial score (nSPS) is 11.1. The molecule has 3 aromatic rings. The van der Waals surface area contributed by atoms with E-state index in [-0.39, 0.29) is 5.91 Å². The molecule has 0 unspecified atom stereocenters. The lowest BCUT2D eigenvalue weighted by Gasteiger charge is -2.05. The van der Waals surface area contributed by atoms with Gasteiger partial charge in [-0.05, 0) is 38.8 Å². The zero-order chi connectivity index (χ0) is 16.6. The minimum Gasteiger partial charge on any atom is -0.304 e. The first-order valence-corrected chi connectivity index (χ1v) is 7.67. The van der Waals surface area contributed by atoms with E-state index < -0.39 is 0 Å². The lowest BCUT2D eigenvalue weighted by atomic mass is 10.1. The van der Waals surface area contributed by atoms with Gasteiger partial charge < -0.3 is 5.32 Å². The summed E-state index contributed by atoms with van der Waals surface area (Å²) in [5, 5.41) is 15.0. The molecule has 7 heteroatoms. The molecule has 0 aliphatic heterocycles. The summed E-state index contributed by atoms with van der Waals surface area (Å²) in [6, 6.07) is 1.97. The molecule has 0 aliphatic carbocycles. The second-order valence-electron chi connectivity index (χ2n) is 5.70. The number of aromatic nitrogens is 5. The monoisotopic (exact) mass is 312 g/mol. The molecule has 0 fully saturated rings. The molecule has 2 N–H and O–H groups in total. The highest BCUT2D eigenvalue weighted by atomic mass is 16.1. The lowest BCUT2D eigenvalue weighted by Crippen LogP contribution is -2.14. The summed E-state index contributed by atoms with van der Waals surface area (Å²) in [5.74, 6) is 0.288. The Labute approximate surface area is 134 Å². The average Bonchev–Trinajstić information content (AvgIpc) is 3.04. The van der Waals surface area contributed by atoms with E-state index in [9.17, 15) is 4.79 Å². The number of fused-ring (bicyclic) bond motifs is 1. The molecule has 23 heavy (non-hydrogen) atoms. The lowest BCUT2D eigenvalue weighted by molar-refractivity contribution is 0.102. The number of aryl methyl sites for hydroxylation is 3. The molecule has 1 amide bonds. The highest BCUT2D eigenvalue weighted by Crippen LogP contribution is 2.24.